The van der Waals surface area contributed by atoms with Crippen LogP contribution in [-0.2, 0) is 20.7 Å². The van der Waals surface area contributed by atoms with Crippen molar-refractivity contribution < 1.29 is 38.1 Å². The van der Waals surface area contributed by atoms with Crippen molar-refractivity contribution in [2.75, 3.05) is 40.1 Å². The van der Waals surface area contributed by atoms with Crippen molar-refractivity contribution in [1.82, 2.24) is 5.32 Å². The van der Waals surface area contributed by atoms with Crippen molar-refractivity contribution in [1.29, 1.82) is 0 Å². The van der Waals surface area contributed by atoms with Crippen molar-refractivity contribution in [2.45, 2.75) is 58.3 Å². The molecule has 0 spiro atoms. The Morgan fingerprint density at radius 3 is 2.17 bits per heavy atom. The minimum absolute atomic E-state index is 0.00549. The number of carbonyl (C=O) groups excluding carboxylic acids is 3. The summed E-state index contributed by atoms with van der Waals surface area (Å²) in [6.45, 7) is 3.97. The van der Waals surface area contributed by atoms with Gasteiger partial charge in [0.1, 0.15) is 17.2 Å². The molecule has 1 fully saturated rings. The number of benzene rings is 3. The summed E-state index contributed by atoms with van der Waals surface area (Å²) in [5.41, 5.74) is 1.69. The molecule has 1 amide bonds. The number of unbranched alkanes of at least 4 members (excludes halogenated alkanes) is 1. The van der Waals surface area contributed by atoms with Crippen LogP contribution in [0, 0.1) is 11.8 Å². The van der Waals surface area contributed by atoms with Crippen LogP contribution in [0.5, 0.6) is 17.2 Å². The third kappa shape index (κ3) is 11.3. The lowest BCUT2D eigenvalue weighted by molar-refractivity contribution is -0.148. The van der Waals surface area contributed by atoms with Crippen molar-refractivity contribution in [3.05, 3.63) is 89.5 Å². The summed E-state index contributed by atoms with van der Waals surface area (Å²) in [6, 6.07) is 22.6. The molecule has 3 aromatic rings. The summed E-state index contributed by atoms with van der Waals surface area (Å²) >= 11 is 0. The molecule has 2 atom stereocenters. The molecule has 0 aromatic heterocycles. The van der Waals surface area contributed by atoms with Gasteiger partial charge in [0.25, 0.3) is 5.91 Å². The summed E-state index contributed by atoms with van der Waals surface area (Å²) in [7, 11) is 1.40. The Labute approximate surface area is 277 Å². The first-order valence-electron chi connectivity index (χ1n) is 16.7. The molecule has 0 saturated heterocycles. The van der Waals surface area contributed by atoms with Gasteiger partial charge in [0, 0.05) is 6.54 Å². The highest BCUT2D eigenvalue weighted by molar-refractivity contribution is 6.00. The molecular formula is C38H47NO8. The molecule has 0 bridgehead atoms. The number of hydrogen-bond donors (Lipinski definition) is 1. The Kier molecular flexibility index (Phi) is 14.4. The predicted octanol–water partition coefficient (Wildman–Crippen LogP) is 6.82. The summed E-state index contributed by atoms with van der Waals surface area (Å²) in [6.07, 6.45) is 6.89. The largest absolute Gasteiger partial charge is 0.494 e. The first-order valence-corrected chi connectivity index (χ1v) is 16.7. The Morgan fingerprint density at radius 2 is 1.47 bits per heavy atom. The van der Waals surface area contributed by atoms with E-state index in [0.29, 0.717) is 32.1 Å². The fourth-order valence-electron chi connectivity index (χ4n) is 5.72. The average molecular weight is 646 g/mol. The first-order chi connectivity index (χ1) is 23.0. The van der Waals surface area contributed by atoms with Crippen LogP contribution in [0.15, 0.2) is 72.8 Å². The van der Waals surface area contributed by atoms with Crippen LogP contribution in [0.3, 0.4) is 0 Å². The third-order valence-electron chi connectivity index (χ3n) is 8.28. The maximum absolute atomic E-state index is 13.4. The minimum Gasteiger partial charge on any atom is -0.494 e. The van der Waals surface area contributed by atoms with Crippen molar-refractivity contribution in [3.63, 3.8) is 0 Å². The molecule has 1 saturated carbocycles. The fraction of sp³-hybridized carbons (Fsp3) is 0.447. The van der Waals surface area contributed by atoms with Crippen LogP contribution in [-0.4, -0.2) is 57.9 Å². The van der Waals surface area contributed by atoms with E-state index in [2.05, 4.69) is 5.32 Å². The highest BCUT2D eigenvalue weighted by atomic mass is 16.5. The molecule has 0 radical (unpaired) electrons. The molecule has 1 N–H and O–H groups in total. The smallest absolute Gasteiger partial charge is 0.338 e. The predicted molar refractivity (Wildman–Crippen MR) is 179 cm³/mol. The number of hydrogen-bond acceptors (Lipinski definition) is 8. The lowest BCUT2D eigenvalue weighted by Gasteiger charge is -2.29. The number of ether oxygens (including phenoxy) is 5. The van der Waals surface area contributed by atoms with Gasteiger partial charge in [0.05, 0.1) is 50.6 Å². The van der Waals surface area contributed by atoms with E-state index in [4.69, 9.17) is 23.7 Å². The van der Waals surface area contributed by atoms with E-state index in [1.807, 2.05) is 54.6 Å². The molecule has 2 unspecified atom stereocenters. The van der Waals surface area contributed by atoms with Gasteiger partial charge < -0.3 is 29.0 Å². The summed E-state index contributed by atoms with van der Waals surface area (Å²) in [4.78, 5) is 38.1. The van der Waals surface area contributed by atoms with Gasteiger partial charge in [-0.3, -0.25) is 9.59 Å². The Bertz CT molecular complexity index is 1410. The van der Waals surface area contributed by atoms with Gasteiger partial charge in [-0.15, -0.1) is 0 Å². The summed E-state index contributed by atoms with van der Waals surface area (Å²) < 4.78 is 27.8. The van der Waals surface area contributed by atoms with Crippen molar-refractivity contribution >= 4 is 17.8 Å². The van der Waals surface area contributed by atoms with Crippen LogP contribution < -0.4 is 19.5 Å². The molecule has 1 aliphatic rings. The molecule has 4 rings (SSSR count). The van der Waals surface area contributed by atoms with E-state index >= 15 is 0 Å². The third-order valence-corrected chi connectivity index (χ3v) is 8.28. The standard InChI is InChI=1S/C38H47NO8/c1-3-44-37(41)29-19-22-35(34(26-29)36(40)39-27-30-13-7-8-16-33(30)38(42)43-2)47-25-11-12-28-17-20-32(21-18-28)46-24-10-9-23-45-31-14-5-4-6-15-31/h4-6,14-15,17-22,26,30,33H,3,7-13,16,23-25,27H2,1-2H3,(H,39,40). The quantitative estimate of drug-likeness (QED) is 0.119. The Hall–Kier alpha value is -4.53. The van der Waals surface area contributed by atoms with Crippen LogP contribution >= 0.6 is 0 Å². The second-order valence-electron chi connectivity index (χ2n) is 11.6. The first kappa shape index (κ1) is 35.3. The second kappa shape index (κ2) is 19.2. The SMILES string of the molecule is CCOC(=O)c1ccc(OCCCc2ccc(OCCCCOc3ccccc3)cc2)c(C(=O)NCC2CCCCC2C(=O)OC)c1. The van der Waals surface area contributed by atoms with Crippen LogP contribution in [0.2, 0.25) is 0 Å². The van der Waals surface area contributed by atoms with Gasteiger partial charge in [-0.05, 0) is 99.4 Å². The zero-order valence-electron chi connectivity index (χ0n) is 27.5. The minimum atomic E-state index is -0.504. The highest BCUT2D eigenvalue weighted by Crippen LogP contribution is 2.31. The van der Waals surface area contributed by atoms with E-state index in [0.717, 1.165) is 68.4 Å². The molecule has 0 aliphatic heterocycles. The van der Waals surface area contributed by atoms with E-state index in [-0.39, 0.29) is 41.4 Å². The zero-order valence-corrected chi connectivity index (χ0v) is 27.5. The number of rotatable bonds is 18. The molecule has 9 nitrogen and oxygen atoms in total. The number of nitrogens with one attached hydrogen (secondary N) is 1. The molecule has 9 heteroatoms. The van der Waals surface area contributed by atoms with Crippen LogP contribution in [0.1, 0.15) is 78.1 Å². The normalized spacial score (nSPS) is 15.7. The lowest BCUT2D eigenvalue weighted by atomic mass is 9.79. The van der Waals surface area contributed by atoms with Gasteiger partial charge >= 0.3 is 11.9 Å². The van der Waals surface area contributed by atoms with Gasteiger partial charge in [-0.2, -0.15) is 0 Å². The second-order valence-corrected chi connectivity index (χ2v) is 11.6. The zero-order chi connectivity index (χ0) is 33.3. The molecule has 0 heterocycles. The summed E-state index contributed by atoms with van der Waals surface area (Å²) in [5.74, 6) is 0.763. The van der Waals surface area contributed by atoms with Crippen molar-refractivity contribution in [3.8, 4) is 17.2 Å². The maximum Gasteiger partial charge on any atom is 0.338 e. The fourth-order valence-corrected chi connectivity index (χ4v) is 5.72. The molecule has 47 heavy (non-hydrogen) atoms. The molecular weight excluding hydrogens is 598 g/mol. The maximum atomic E-state index is 13.4. The highest BCUT2D eigenvalue weighted by Gasteiger charge is 2.32. The van der Waals surface area contributed by atoms with Gasteiger partial charge in [-0.1, -0.05) is 43.2 Å². The van der Waals surface area contributed by atoms with E-state index in [1.165, 1.54) is 13.2 Å². The monoisotopic (exact) mass is 645 g/mol. The molecule has 252 valence electrons. The van der Waals surface area contributed by atoms with Gasteiger partial charge in [0.15, 0.2) is 0 Å². The number of aryl methyl sites for hydroxylation is 1. The van der Waals surface area contributed by atoms with E-state index < -0.39 is 5.97 Å². The number of esters is 2. The summed E-state index contributed by atoms with van der Waals surface area (Å²) in [5, 5.41) is 2.97. The topological polar surface area (TPSA) is 109 Å². The van der Waals surface area contributed by atoms with Crippen LogP contribution in [0.25, 0.3) is 0 Å². The molecule has 1 aliphatic carbocycles. The average Bonchev–Trinajstić information content (AvgIpc) is 3.11. The number of methoxy groups -OCH3 is 1. The van der Waals surface area contributed by atoms with Crippen molar-refractivity contribution in [2.24, 2.45) is 11.8 Å². The number of para-hydroxylation sites is 1. The Morgan fingerprint density at radius 1 is 0.787 bits per heavy atom. The van der Waals surface area contributed by atoms with E-state index in [9.17, 15) is 14.4 Å². The number of carbonyl (C=O) groups is 3. The Balaban J connectivity index is 1.24. The number of amides is 1. The lowest BCUT2D eigenvalue weighted by Crippen LogP contribution is -2.37. The molecule has 3 aromatic carbocycles. The van der Waals surface area contributed by atoms with Crippen LogP contribution in [0.4, 0.5) is 0 Å². The van der Waals surface area contributed by atoms with Gasteiger partial charge in [0.2, 0.25) is 0 Å². The van der Waals surface area contributed by atoms with E-state index in [1.54, 1.807) is 19.1 Å². The van der Waals surface area contributed by atoms with Gasteiger partial charge in [-0.25, -0.2) is 4.79 Å².